The lowest BCUT2D eigenvalue weighted by Gasteiger charge is -2.18. The van der Waals surface area contributed by atoms with Gasteiger partial charge in [-0.05, 0) is 23.8 Å². The maximum Gasteiger partial charge on any atom is 0.332 e. The number of nitrogens with zero attached hydrogens (tertiary/aromatic N) is 1. The molecule has 0 saturated carbocycles. The molecule has 1 aromatic carbocycles. The molecular weight excluding hydrogens is 256 g/mol. The van der Waals surface area contributed by atoms with Gasteiger partial charge in [-0.1, -0.05) is 31.2 Å². The molecule has 0 heterocycles. The molecule has 0 aliphatic heterocycles. The van der Waals surface area contributed by atoms with Crippen LogP contribution in [0, 0.1) is 0 Å². The van der Waals surface area contributed by atoms with Crippen LogP contribution in [0.3, 0.4) is 0 Å². The van der Waals surface area contributed by atoms with Crippen LogP contribution in [0.1, 0.15) is 22.8 Å². The minimum absolute atomic E-state index is 0.176. The molecule has 0 bridgehead atoms. The summed E-state index contributed by atoms with van der Waals surface area (Å²) in [6.45, 7) is 3.44. The van der Waals surface area contributed by atoms with Gasteiger partial charge in [-0.15, -0.1) is 0 Å². The van der Waals surface area contributed by atoms with E-state index >= 15 is 0 Å². The molecule has 0 saturated heterocycles. The first-order valence-electron chi connectivity index (χ1n) is 6.32. The molecule has 20 heavy (non-hydrogen) atoms. The Morgan fingerprint density at radius 3 is 2.65 bits per heavy atom. The van der Waals surface area contributed by atoms with Crippen molar-refractivity contribution in [3.63, 3.8) is 0 Å². The third kappa shape index (κ3) is 2.92. The van der Waals surface area contributed by atoms with Crippen molar-refractivity contribution in [1.82, 2.24) is 10.7 Å². The number of urea groups is 1. The van der Waals surface area contributed by atoms with Crippen LogP contribution in [0.15, 0.2) is 35.4 Å². The van der Waals surface area contributed by atoms with E-state index in [1.54, 1.807) is 18.2 Å². The van der Waals surface area contributed by atoms with Crippen molar-refractivity contribution in [2.45, 2.75) is 6.92 Å². The van der Waals surface area contributed by atoms with Gasteiger partial charge in [-0.2, -0.15) is 5.10 Å². The zero-order valence-electron chi connectivity index (χ0n) is 11.1. The molecule has 2 rings (SSSR count). The van der Waals surface area contributed by atoms with Gasteiger partial charge in [0.2, 0.25) is 5.78 Å². The second-order valence-corrected chi connectivity index (χ2v) is 4.30. The topological polar surface area (TPSA) is 96.6 Å². The zero-order valence-corrected chi connectivity index (χ0v) is 11.1. The number of hydrogen-bond donors (Lipinski definition) is 3. The number of amides is 2. The Balaban J connectivity index is 2.41. The van der Waals surface area contributed by atoms with Crippen LogP contribution >= 0.6 is 0 Å². The molecule has 6 nitrogen and oxygen atoms in total. The average molecular weight is 272 g/mol. The third-order valence-corrected chi connectivity index (χ3v) is 2.91. The monoisotopic (exact) mass is 272 g/mol. The van der Waals surface area contributed by atoms with Crippen LogP contribution in [0.25, 0.3) is 5.57 Å². The van der Waals surface area contributed by atoms with E-state index in [0.29, 0.717) is 12.1 Å². The van der Waals surface area contributed by atoms with E-state index < -0.39 is 6.03 Å². The summed E-state index contributed by atoms with van der Waals surface area (Å²) in [5.41, 5.74) is 9.65. The van der Waals surface area contributed by atoms with Crippen molar-refractivity contribution in [2.24, 2.45) is 10.8 Å². The maximum atomic E-state index is 12.3. The lowest BCUT2D eigenvalue weighted by atomic mass is 9.89. The fourth-order valence-electron chi connectivity index (χ4n) is 2.01. The Kier molecular flexibility index (Phi) is 4.27. The molecule has 0 radical (unpaired) electrons. The number of ketones is 1. The Hall–Kier alpha value is -2.47. The SMILES string of the molecule is CCNCC1=C/C(=N\NC(N)=O)C(=O)c2ccccc21. The number of likely N-dealkylation sites (N-methyl/N-ethyl adjacent to an activating group) is 1. The smallest absolute Gasteiger partial charge is 0.332 e. The minimum Gasteiger partial charge on any atom is -0.350 e. The standard InChI is InChI=1S/C14H16N4O2/c1-2-16-8-9-7-12(17-18-14(15)20)13(19)11-6-4-3-5-10(9)11/h3-7,16H,2,8H2,1H3,(H3,15,18,20)/b17-12+. The van der Waals surface area contributed by atoms with E-state index in [4.69, 9.17) is 5.73 Å². The highest BCUT2D eigenvalue weighted by molar-refractivity contribution is 6.52. The van der Waals surface area contributed by atoms with Gasteiger partial charge in [0, 0.05) is 12.1 Å². The van der Waals surface area contributed by atoms with Crippen LogP contribution in [0.2, 0.25) is 0 Å². The first kappa shape index (κ1) is 14.0. The fraction of sp³-hybridized carbons (Fsp3) is 0.214. The van der Waals surface area contributed by atoms with E-state index in [9.17, 15) is 9.59 Å². The predicted molar refractivity (Wildman–Crippen MR) is 77.4 cm³/mol. The van der Waals surface area contributed by atoms with Crippen molar-refractivity contribution in [3.8, 4) is 0 Å². The molecule has 0 spiro atoms. The van der Waals surface area contributed by atoms with Gasteiger partial charge in [0.25, 0.3) is 0 Å². The molecule has 2 amide bonds. The molecule has 1 aliphatic carbocycles. The third-order valence-electron chi connectivity index (χ3n) is 2.91. The number of hydrogen-bond acceptors (Lipinski definition) is 4. The number of carbonyl (C=O) groups excluding carboxylic acids is 2. The summed E-state index contributed by atoms with van der Waals surface area (Å²) in [5.74, 6) is -0.227. The summed E-state index contributed by atoms with van der Waals surface area (Å²) in [7, 11) is 0. The molecule has 6 heteroatoms. The van der Waals surface area contributed by atoms with Crippen molar-refractivity contribution in [3.05, 3.63) is 41.5 Å². The van der Waals surface area contributed by atoms with E-state index in [0.717, 1.165) is 17.7 Å². The van der Waals surface area contributed by atoms with E-state index in [1.165, 1.54) is 0 Å². The quantitative estimate of drug-likeness (QED) is 0.710. The van der Waals surface area contributed by atoms with Gasteiger partial charge in [0.15, 0.2) is 0 Å². The zero-order chi connectivity index (χ0) is 14.5. The lowest BCUT2D eigenvalue weighted by molar-refractivity contribution is 0.106. The van der Waals surface area contributed by atoms with Crippen molar-refractivity contribution in [1.29, 1.82) is 0 Å². The Labute approximate surface area is 116 Å². The number of fused-ring (bicyclic) bond motifs is 1. The molecule has 0 fully saturated rings. The molecule has 104 valence electrons. The molecule has 1 aliphatic rings. The first-order valence-corrected chi connectivity index (χ1v) is 6.32. The number of rotatable bonds is 4. The summed E-state index contributed by atoms with van der Waals surface area (Å²) < 4.78 is 0. The summed E-state index contributed by atoms with van der Waals surface area (Å²) in [6.07, 6.45) is 1.67. The maximum absolute atomic E-state index is 12.3. The van der Waals surface area contributed by atoms with E-state index in [-0.39, 0.29) is 11.5 Å². The van der Waals surface area contributed by atoms with Crippen LogP contribution in [0.4, 0.5) is 4.79 Å². The van der Waals surface area contributed by atoms with Gasteiger partial charge in [0.05, 0.1) is 0 Å². The summed E-state index contributed by atoms with van der Waals surface area (Å²) in [5, 5.41) is 6.97. The largest absolute Gasteiger partial charge is 0.350 e. The number of carbonyl (C=O) groups is 2. The fourth-order valence-corrected chi connectivity index (χ4v) is 2.01. The van der Waals surface area contributed by atoms with Crippen molar-refractivity contribution in [2.75, 3.05) is 13.1 Å². The van der Waals surface area contributed by atoms with Crippen molar-refractivity contribution < 1.29 is 9.59 Å². The van der Waals surface area contributed by atoms with Crippen LogP contribution < -0.4 is 16.5 Å². The summed E-state index contributed by atoms with van der Waals surface area (Å²) in [4.78, 5) is 23.0. The normalized spacial score (nSPS) is 15.8. The van der Waals surface area contributed by atoms with Gasteiger partial charge in [-0.3, -0.25) is 4.79 Å². The summed E-state index contributed by atoms with van der Waals surface area (Å²) >= 11 is 0. The molecule has 0 aromatic heterocycles. The molecule has 0 unspecified atom stereocenters. The van der Waals surface area contributed by atoms with Crippen LogP contribution in [-0.4, -0.2) is 30.6 Å². The number of benzene rings is 1. The number of allylic oxidation sites excluding steroid dienone is 1. The van der Waals surface area contributed by atoms with E-state index in [1.807, 2.05) is 19.1 Å². The Morgan fingerprint density at radius 1 is 1.30 bits per heavy atom. The van der Waals surface area contributed by atoms with Gasteiger partial charge in [-0.25, -0.2) is 10.2 Å². The second kappa shape index (κ2) is 6.12. The number of nitrogens with two attached hydrogens (primary N) is 1. The first-order chi connectivity index (χ1) is 9.63. The van der Waals surface area contributed by atoms with E-state index in [2.05, 4.69) is 15.8 Å². The number of primary amides is 1. The Morgan fingerprint density at radius 2 is 2.00 bits per heavy atom. The second-order valence-electron chi connectivity index (χ2n) is 4.30. The van der Waals surface area contributed by atoms with Gasteiger partial charge in [0.1, 0.15) is 5.71 Å². The van der Waals surface area contributed by atoms with Crippen LogP contribution in [-0.2, 0) is 0 Å². The van der Waals surface area contributed by atoms with Gasteiger partial charge >= 0.3 is 6.03 Å². The average Bonchev–Trinajstić information content (AvgIpc) is 2.45. The van der Waals surface area contributed by atoms with Crippen LogP contribution in [0.5, 0.6) is 0 Å². The Bertz CT molecular complexity index is 605. The molecule has 4 N–H and O–H groups in total. The highest BCUT2D eigenvalue weighted by Gasteiger charge is 2.23. The summed E-state index contributed by atoms with van der Waals surface area (Å²) in [6, 6.07) is 6.53. The number of Topliss-reactive ketones (excluding diaryl/α,β-unsaturated/α-hetero) is 1. The van der Waals surface area contributed by atoms with Crippen molar-refractivity contribution >= 4 is 23.1 Å². The highest BCUT2D eigenvalue weighted by Crippen LogP contribution is 2.24. The van der Waals surface area contributed by atoms with Gasteiger partial charge < -0.3 is 11.1 Å². The molecule has 0 atom stereocenters. The predicted octanol–water partition coefficient (Wildman–Crippen LogP) is 0.900. The highest BCUT2D eigenvalue weighted by atomic mass is 16.2. The number of nitrogens with one attached hydrogen (secondary N) is 2. The lowest BCUT2D eigenvalue weighted by Crippen LogP contribution is -2.29. The molecule has 1 aromatic rings. The number of hydrazone groups is 1. The molecular formula is C14H16N4O2. The minimum atomic E-state index is -0.800.